The summed E-state index contributed by atoms with van der Waals surface area (Å²) in [5.41, 5.74) is 9.00. The van der Waals surface area contributed by atoms with Crippen molar-refractivity contribution in [3.63, 3.8) is 0 Å². The summed E-state index contributed by atoms with van der Waals surface area (Å²) in [6.45, 7) is 14.4. The van der Waals surface area contributed by atoms with Crippen LogP contribution < -0.4 is 10.6 Å². The summed E-state index contributed by atoms with van der Waals surface area (Å²) >= 11 is 20.1. The van der Waals surface area contributed by atoms with Crippen molar-refractivity contribution in [2.45, 2.75) is 102 Å². The van der Waals surface area contributed by atoms with Gasteiger partial charge in [0.2, 0.25) is 11.8 Å². The highest BCUT2D eigenvalue weighted by Gasteiger charge is 2.44. The first kappa shape index (κ1) is 55.7. The predicted octanol–water partition coefficient (Wildman–Crippen LogP) is 8.63. The van der Waals surface area contributed by atoms with Crippen LogP contribution in [0.3, 0.4) is 0 Å². The van der Waals surface area contributed by atoms with Gasteiger partial charge in [0, 0.05) is 140 Å². The first-order chi connectivity index (χ1) is 38.1. The van der Waals surface area contributed by atoms with Crippen molar-refractivity contribution in [1.82, 2.24) is 64.2 Å². The van der Waals surface area contributed by atoms with Crippen LogP contribution in [-0.2, 0) is 48.4 Å². The number of hydrogen-bond acceptors (Lipinski definition) is 10. The first-order valence-electron chi connectivity index (χ1n) is 27.8. The van der Waals surface area contributed by atoms with E-state index in [4.69, 9.17) is 33.2 Å². The molecule has 4 amide bonds. The van der Waals surface area contributed by atoms with Crippen LogP contribution in [0.1, 0.15) is 90.5 Å². The van der Waals surface area contributed by atoms with E-state index in [0.717, 1.165) is 103 Å². The molecule has 2 aliphatic carbocycles. The van der Waals surface area contributed by atoms with Crippen molar-refractivity contribution >= 4 is 72.9 Å². The van der Waals surface area contributed by atoms with Crippen LogP contribution in [0.25, 0.3) is 0 Å². The Balaban J connectivity index is 0.000000170. The van der Waals surface area contributed by atoms with Gasteiger partial charge in [0.1, 0.15) is 6.04 Å². The molecule has 0 spiro atoms. The van der Waals surface area contributed by atoms with E-state index in [1.807, 2.05) is 86.3 Å². The molecule has 2 aromatic carbocycles. The SMILES string of the molecule is CC(C)(C)NC(=O)N1CCN(C2c3ccc(Cl)cc3CCc3cc(Br)cnc32)C[C@@H]1C(=O)N1CC[C@@H](Cn2ccnc2)C1.O=C([C@H]1CN(C2c3ccc(Cl)cc3CCc3cc(Br)cnc32)CCN1)N1CC[C@@H](Cn2ccnc2)C1. The van der Waals surface area contributed by atoms with E-state index in [9.17, 15) is 14.4 Å². The van der Waals surface area contributed by atoms with Crippen molar-refractivity contribution in [2.75, 3.05) is 65.4 Å². The normalized spacial score (nSPS) is 23.4. The molecule has 4 saturated heterocycles. The van der Waals surface area contributed by atoms with Crippen LogP contribution in [0.5, 0.6) is 0 Å². The van der Waals surface area contributed by atoms with Crippen LogP contribution in [-0.4, -0.2) is 154 Å². The van der Waals surface area contributed by atoms with E-state index in [2.05, 4.69) is 108 Å². The maximum Gasteiger partial charge on any atom is 0.318 e. The number of piperazine rings is 2. The molecule has 0 saturated carbocycles. The van der Waals surface area contributed by atoms with Gasteiger partial charge in [0.25, 0.3) is 0 Å². The molecule has 12 rings (SSSR count). The molecule has 2 unspecified atom stereocenters. The zero-order valence-electron chi connectivity index (χ0n) is 45.1. The Morgan fingerprint density at radius 2 is 1.16 bits per heavy atom. The molecule has 4 fully saturated rings. The van der Waals surface area contributed by atoms with Gasteiger partial charge in [-0.1, -0.05) is 35.3 Å². The molecule has 0 radical (unpaired) electrons. The smallest absolute Gasteiger partial charge is 0.318 e. The lowest BCUT2D eigenvalue weighted by molar-refractivity contribution is -0.137. The second-order valence-electron chi connectivity index (χ2n) is 23.2. The lowest BCUT2D eigenvalue weighted by Gasteiger charge is -2.45. The molecule has 4 aromatic heterocycles. The summed E-state index contributed by atoms with van der Waals surface area (Å²) in [4.78, 5) is 70.2. The number of likely N-dealkylation sites (tertiary alicyclic amines) is 2. The Bertz CT molecular complexity index is 3050. The minimum absolute atomic E-state index is 0.00725. The topological polar surface area (TPSA) is 153 Å². The number of benzene rings is 2. The number of nitrogens with one attached hydrogen (secondary N) is 2. The molecule has 6 aliphatic rings. The highest BCUT2D eigenvalue weighted by atomic mass is 79.9. The van der Waals surface area contributed by atoms with Gasteiger partial charge in [-0.05, 0) is 173 Å². The maximum atomic E-state index is 14.3. The summed E-state index contributed by atoms with van der Waals surface area (Å²) in [7, 11) is 0. The van der Waals surface area contributed by atoms with Crippen molar-refractivity contribution in [3.8, 4) is 0 Å². The Labute approximate surface area is 489 Å². The van der Waals surface area contributed by atoms with Gasteiger partial charge in [-0.3, -0.25) is 29.4 Å². The number of aromatic nitrogens is 6. The number of halogens is 4. The number of carbonyl (C=O) groups excluding carboxylic acids is 3. The molecule has 79 heavy (non-hydrogen) atoms. The van der Waals surface area contributed by atoms with Crippen molar-refractivity contribution in [1.29, 1.82) is 0 Å². The van der Waals surface area contributed by atoms with E-state index in [1.54, 1.807) is 11.1 Å². The molecule has 2 N–H and O–H groups in total. The van der Waals surface area contributed by atoms with Crippen LogP contribution in [0, 0.1) is 11.8 Å². The summed E-state index contributed by atoms with van der Waals surface area (Å²) in [6.07, 6.45) is 20.5. The number of nitrogens with zero attached hydrogens (tertiary/aromatic N) is 11. The lowest BCUT2D eigenvalue weighted by Crippen LogP contribution is -2.64. The monoisotopic (exact) mass is 1240 g/mol. The Kier molecular flexibility index (Phi) is 17.0. The third-order valence-electron chi connectivity index (χ3n) is 16.5. The van der Waals surface area contributed by atoms with E-state index < -0.39 is 11.6 Å². The predicted molar refractivity (Wildman–Crippen MR) is 313 cm³/mol. The van der Waals surface area contributed by atoms with Gasteiger partial charge in [-0.15, -0.1) is 0 Å². The van der Waals surface area contributed by atoms with Crippen molar-refractivity contribution < 1.29 is 14.4 Å². The number of aryl methyl sites for hydroxylation is 4. The first-order valence-corrected chi connectivity index (χ1v) is 30.1. The number of pyridine rings is 2. The van der Waals surface area contributed by atoms with Gasteiger partial charge in [-0.25, -0.2) is 14.8 Å². The maximum absolute atomic E-state index is 14.3. The number of urea groups is 1. The standard InChI is InChI=1S/C32H39BrClN7O2.C27H30BrClN6O/c1-32(2,3)37-31(43)41-13-12-39(19-27(41)30(42)40-10-8-21(18-40)17-38-11-9-35-20-38)29-26-7-6-25(34)15-22(26)4-5-23-14-24(33)16-36-28(23)29;28-21-11-20-2-1-19-12-22(29)3-4-23(19)26(25(20)32-13-21)34-10-7-31-24(16-34)27(36)35-8-5-18(15-35)14-33-9-6-30-17-33/h6-7,9,11,14-16,20-21,27,29H,4-5,8,10,12-13,17-19H2,1-3H3,(H,37,43);3-4,6,9,11-13,17-18,24,26,31H,1-2,5,7-8,10,14-16H2/t21-,27+,29?;18-,24+,26?/m00/s1. The lowest BCUT2D eigenvalue weighted by atomic mass is 9.95. The zero-order valence-corrected chi connectivity index (χ0v) is 49.8. The second-order valence-corrected chi connectivity index (χ2v) is 25.9. The third kappa shape index (κ3) is 12.8. The number of carbonyl (C=O) groups is 3. The number of fused-ring (bicyclic) bond motifs is 4. The largest absolute Gasteiger partial charge is 0.341 e. The van der Waals surface area contributed by atoms with Crippen LogP contribution >= 0.6 is 55.1 Å². The zero-order chi connectivity index (χ0) is 55.0. The molecule has 6 aromatic rings. The fourth-order valence-electron chi connectivity index (χ4n) is 12.8. The minimum atomic E-state index is -0.610. The summed E-state index contributed by atoms with van der Waals surface area (Å²) < 4.78 is 6.13. The van der Waals surface area contributed by atoms with E-state index in [0.29, 0.717) is 56.1 Å². The second kappa shape index (κ2) is 24.1. The Hall–Kier alpha value is -5.21. The summed E-state index contributed by atoms with van der Waals surface area (Å²) in [6, 6.07) is 15.5. The van der Waals surface area contributed by atoms with Gasteiger partial charge in [0.15, 0.2) is 0 Å². The van der Waals surface area contributed by atoms with Gasteiger partial charge in [-0.2, -0.15) is 0 Å². The Morgan fingerprint density at radius 3 is 1.68 bits per heavy atom. The summed E-state index contributed by atoms with van der Waals surface area (Å²) in [5.74, 6) is 1.04. The van der Waals surface area contributed by atoms with Crippen LogP contribution in [0.15, 0.2) is 107 Å². The minimum Gasteiger partial charge on any atom is -0.341 e. The van der Waals surface area contributed by atoms with Crippen LogP contribution in [0.4, 0.5) is 4.79 Å². The molecule has 20 heteroatoms. The average molecular weight is 1240 g/mol. The average Bonchev–Trinajstić information content (AvgIpc) is 4.51. The third-order valence-corrected chi connectivity index (χ3v) is 17.8. The molecular weight excluding hydrogens is 1170 g/mol. The highest BCUT2D eigenvalue weighted by Crippen LogP contribution is 2.41. The fraction of sp³-hybridized carbons (Fsp3) is 0.475. The number of hydrogen-bond donors (Lipinski definition) is 2. The van der Waals surface area contributed by atoms with Crippen LogP contribution in [0.2, 0.25) is 10.0 Å². The fourth-order valence-corrected chi connectivity index (χ4v) is 13.9. The molecule has 4 aliphatic heterocycles. The van der Waals surface area contributed by atoms with Crippen molar-refractivity contribution in [2.24, 2.45) is 11.8 Å². The number of rotatable bonds is 8. The molecular formula is C59H69Br2Cl2N13O3. The molecule has 6 atom stereocenters. The molecule has 416 valence electrons. The Morgan fingerprint density at radius 1 is 0.646 bits per heavy atom. The van der Waals surface area contributed by atoms with Gasteiger partial charge in [0.05, 0.1) is 42.2 Å². The van der Waals surface area contributed by atoms with E-state index in [1.165, 1.54) is 33.4 Å². The van der Waals surface area contributed by atoms with Gasteiger partial charge >= 0.3 is 6.03 Å². The summed E-state index contributed by atoms with van der Waals surface area (Å²) in [5, 5.41) is 8.10. The molecule has 0 bridgehead atoms. The quantitative estimate of drug-likeness (QED) is 0.152. The molecule has 16 nitrogen and oxygen atoms in total. The van der Waals surface area contributed by atoms with Crippen molar-refractivity contribution in [3.05, 3.63) is 162 Å². The highest BCUT2D eigenvalue weighted by molar-refractivity contribution is 9.10. The van der Waals surface area contributed by atoms with E-state index >= 15 is 0 Å². The number of amides is 4. The van der Waals surface area contributed by atoms with Gasteiger partial charge < -0.3 is 34.5 Å². The van der Waals surface area contributed by atoms with E-state index in [-0.39, 0.29) is 36.0 Å². The number of imidazole rings is 2. The molecule has 8 heterocycles.